The lowest BCUT2D eigenvalue weighted by Crippen LogP contribution is -2.20. The van der Waals surface area contributed by atoms with Gasteiger partial charge in [-0.2, -0.15) is 0 Å². The number of hydrogen-bond acceptors (Lipinski definition) is 4. The van der Waals surface area contributed by atoms with Gasteiger partial charge >= 0.3 is 0 Å². The Hall–Kier alpha value is -2.20. The van der Waals surface area contributed by atoms with E-state index in [1.165, 1.54) is 0 Å². The molecule has 19 heavy (non-hydrogen) atoms. The molecule has 1 N–H and O–H groups in total. The highest BCUT2D eigenvalue weighted by Crippen LogP contribution is 2.21. The third-order valence-corrected chi connectivity index (χ3v) is 3.20. The number of anilines is 1. The van der Waals surface area contributed by atoms with Gasteiger partial charge in [-0.3, -0.25) is 0 Å². The first-order valence-corrected chi connectivity index (χ1v) is 6.26. The number of benzene rings is 2. The van der Waals surface area contributed by atoms with E-state index in [9.17, 15) is 0 Å². The third-order valence-electron chi connectivity index (χ3n) is 3.20. The second kappa shape index (κ2) is 4.82. The van der Waals surface area contributed by atoms with Gasteiger partial charge in [0.05, 0.1) is 28.7 Å². The van der Waals surface area contributed by atoms with E-state index in [2.05, 4.69) is 9.97 Å². The summed E-state index contributed by atoms with van der Waals surface area (Å²) in [5.41, 5.74) is 4.61. The lowest BCUT2D eigenvalue weighted by atomic mass is 10.2. The molecular weight excluding hydrogens is 238 g/mol. The van der Waals surface area contributed by atoms with Crippen molar-refractivity contribution < 1.29 is 5.11 Å². The van der Waals surface area contributed by atoms with Crippen molar-refractivity contribution in [1.29, 1.82) is 0 Å². The van der Waals surface area contributed by atoms with Crippen molar-refractivity contribution >= 4 is 27.8 Å². The molecule has 2 aromatic carbocycles. The van der Waals surface area contributed by atoms with Gasteiger partial charge in [-0.15, -0.1) is 0 Å². The molecule has 0 fully saturated rings. The van der Waals surface area contributed by atoms with E-state index in [0.717, 1.165) is 27.8 Å². The summed E-state index contributed by atoms with van der Waals surface area (Å²) in [4.78, 5) is 11.2. The van der Waals surface area contributed by atoms with Crippen LogP contribution >= 0.6 is 0 Å². The second-order valence-electron chi connectivity index (χ2n) is 4.53. The Labute approximate surface area is 111 Å². The lowest BCUT2D eigenvalue weighted by molar-refractivity contribution is 0.304. The van der Waals surface area contributed by atoms with Crippen LogP contribution in [0.5, 0.6) is 0 Å². The van der Waals surface area contributed by atoms with E-state index in [0.29, 0.717) is 6.54 Å². The van der Waals surface area contributed by atoms with Gasteiger partial charge in [0.2, 0.25) is 0 Å². The zero-order valence-electron chi connectivity index (χ0n) is 10.7. The average Bonchev–Trinajstić information content (AvgIpc) is 2.44. The smallest absolute Gasteiger partial charge is 0.0915 e. The van der Waals surface area contributed by atoms with Crippen LogP contribution in [0.1, 0.15) is 0 Å². The summed E-state index contributed by atoms with van der Waals surface area (Å²) in [7, 11) is 1.95. The largest absolute Gasteiger partial charge is 0.395 e. The quantitative estimate of drug-likeness (QED) is 0.727. The van der Waals surface area contributed by atoms with Crippen LogP contribution in [0.4, 0.5) is 5.69 Å². The van der Waals surface area contributed by atoms with Gasteiger partial charge in [0.15, 0.2) is 0 Å². The normalized spacial score (nSPS) is 11.1. The third kappa shape index (κ3) is 2.22. The molecule has 0 aliphatic carbocycles. The van der Waals surface area contributed by atoms with Crippen LogP contribution in [0.15, 0.2) is 42.5 Å². The number of para-hydroxylation sites is 2. The molecule has 0 aliphatic heterocycles. The molecule has 1 aromatic heterocycles. The van der Waals surface area contributed by atoms with Gasteiger partial charge in [0.25, 0.3) is 0 Å². The number of aliphatic hydroxyl groups excluding tert-OH is 1. The molecule has 0 aliphatic rings. The minimum absolute atomic E-state index is 0.137. The fourth-order valence-corrected chi connectivity index (χ4v) is 2.13. The van der Waals surface area contributed by atoms with Crippen LogP contribution in [0.25, 0.3) is 22.1 Å². The van der Waals surface area contributed by atoms with Crippen LogP contribution in [-0.4, -0.2) is 35.3 Å². The van der Waals surface area contributed by atoms with Gasteiger partial charge in [0, 0.05) is 19.3 Å². The lowest BCUT2D eigenvalue weighted by Gasteiger charge is -2.18. The maximum absolute atomic E-state index is 8.98. The predicted molar refractivity (Wildman–Crippen MR) is 77.4 cm³/mol. The Morgan fingerprint density at radius 3 is 2.26 bits per heavy atom. The van der Waals surface area contributed by atoms with Gasteiger partial charge < -0.3 is 10.0 Å². The topological polar surface area (TPSA) is 49.2 Å². The van der Waals surface area contributed by atoms with Gasteiger partial charge in [-0.1, -0.05) is 12.1 Å². The maximum atomic E-state index is 8.98. The summed E-state index contributed by atoms with van der Waals surface area (Å²) < 4.78 is 0. The Balaban J connectivity index is 2.14. The average molecular weight is 253 g/mol. The minimum atomic E-state index is 0.137. The fraction of sp³-hybridized carbons (Fsp3) is 0.200. The van der Waals surface area contributed by atoms with Crippen molar-refractivity contribution in [3.8, 4) is 0 Å². The Morgan fingerprint density at radius 1 is 0.947 bits per heavy atom. The Morgan fingerprint density at radius 2 is 1.58 bits per heavy atom. The van der Waals surface area contributed by atoms with Gasteiger partial charge in [-0.05, 0) is 30.3 Å². The van der Waals surface area contributed by atoms with E-state index in [1.54, 1.807) is 0 Å². The number of hydrogen-bond donors (Lipinski definition) is 1. The Kier molecular flexibility index (Phi) is 3.01. The SMILES string of the molecule is CN(CCO)c1ccc2nc3ccccc3nc2c1. The maximum Gasteiger partial charge on any atom is 0.0915 e. The summed E-state index contributed by atoms with van der Waals surface area (Å²) in [6.07, 6.45) is 0. The molecule has 4 nitrogen and oxygen atoms in total. The number of nitrogens with zero attached hydrogens (tertiary/aromatic N) is 3. The standard InChI is InChI=1S/C15H15N3O/c1-18(8-9-19)11-6-7-14-15(10-11)17-13-5-3-2-4-12(13)16-14/h2-7,10,19H,8-9H2,1H3. The molecule has 0 saturated carbocycles. The molecule has 1 heterocycles. The zero-order valence-corrected chi connectivity index (χ0v) is 10.7. The summed E-state index contributed by atoms with van der Waals surface area (Å²) in [5, 5.41) is 8.98. The van der Waals surface area contributed by atoms with Crippen molar-refractivity contribution in [3.05, 3.63) is 42.5 Å². The first-order chi connectivity index (χ1) is 9.28. The van der Waals surface area contributed by atoms with E-state index in [4.69, 9.17) is 5.11 Å². The molecule has 0 atom stereocenters. The van der Waals surface area contributed by atoms with Crippen molar-refractivity contribution in [2.75, 3.05) is 25.1 Å². The van der Waals surface area contributed by atoms with Crippen LogP contribution < -0.4 is 4.90 Å². The van der Waals surface area contributed by atoms with Gasteiger partial charge in [0.1, 0.15) is 0 Å². The number of likely N-dealkylation sites (N-methyl/N-ethyl adjacent to an activating group) is 1. The minimum Gasteiger partial charge on any atom is -0.395 e. The van der Waals surface area contributed by atoms with Crippen LogP contribution in [0, 0.1) is 0 Å². The van der Waals surface area contributed by atoms with E-state index in [1.807, 2.05) is 54.4 Å². The second-order valence-corrected chi connectivity index (χ2v) is 4.53. The zero-order chi connectivity index (χ0) is 13.2. The Bertz CT molecular complexity index is 727. The highest BCUT2D eigenvalue weighted by atomic mass is 16.3. The molecule has 0 radical (unpaired) electrons. The predicted octanol–water partition coefficient (Wildman–Crippen LogP) is 2.21. The number of fused-ring (bicyclic) bond motifs is 2. The monoisotopic (exact) mass is 253 g/mol. The molecular formula is C15H15N3O. The molecule has 0 saturated heterocycles. The number of aliphatic hydroxyl groups is 1. The molecule has 0 bridgehead atoms. The molecule has 0 amide bonds. The van der Waals surface area contributed by atoms with Gasteiger partial charge in [-0.25, -0.2) is 9.97 Å². The summed E-state index contributed by atoms with van der Waals surface area (Å²) in [6.45, 7) is 0.741. The number of rotatable bonds is 3. The van der Waals surface area contributed by atoms with E-state index >= 15 is 0 Å². The number of aromatic nitrogens is 2. The highest BCUT2D eigenvalue weighted by Gasteiger charge is 2.05. The van der Waals surface area contributed by atoms with Crippen molar-refractivity contribution in [2.24, 2.45) is 0 Å². The van der Waals surface area contributed by atoms with Crippen LogP contribution in [0.3, 0.4) is 0 Å². The van der Waals surface area contributed by atoms with E-state index < -0.39 is 0 Å². The van der Waals surface area contributed by atoms with Crippen molar-refractivity contribution in [3.63, 3.8) is 0 Å². The first-order valence-electron chi connectivity index (χ1n) is 6.26. The molecule has 0 unspecified atom stereocenters. The summed E-state index contributed by atoms with van der Waals surface area (Å²) in [5.74, 6) is 0. The van der Waals surface area contributed by atoms with Crippen LogP contribution in [0.2, 0.25) is 0 Å². The molecule has 3 rings (SSSR count). The highest BCUT2D eigenvalue weighted by molar-refractivity contribution is 5.87. The van der Waals surface area contributed by atoms with Crippen LogP contribution in [-0.2, 0) is 0 Å². The fourth-order valence-electron chi connectivity index (χ4n) is 2.13. The molecule has 96 valence electrons. The summed E-state index contributed by atoms with van der Waals surface area (Å²) in [6, 6.07) is 13.8. The van der Waals surface area contributed by atoms with Crippen molar-refractivity contribution in [1.82, 2.24) is 9.97 Å². The van der Waals surface area contributed by atoms with E-state index in [-0.39, 0.29) is 6.61 Å². The van der Waals surface area contributed by atoms with Crippen molar-refractivity contribution in [2.45, 2.75) is 0 Å². The first kappa shape index (κ1) is 11.9. The molecule has 3 aromatic rings. The summed E-state index contributed by atoms with van der Waals surface area (Å²) >= 11 is 0. The molecule has 0 spiro atoms. The molecule has 4 heteroatoms.